The largest absolute Gasteiger partial charge is 0.493 e. The summed E-state index contributed by atoms with van der Waals surface area (Å²) in [4.78, 5) is 21.0. The Hall–Kier alpha value is -3.82. The zero-order chi connectivity index (χ0) is 23.5. The molecule has 33 heavy (non-hydrogen) atoms. The lowest BCUT2D eigenvalue weighted by Crippen LogP contribution is -2.23. The van der Waals surface area contributed by atoms with Gasteiger partial charge in [0.1, 0.15) is 18.0 Å². The van der Waals surface area contributed by atoms with Crippen LogP contribution < -0.4 is 26.3 Å². The molecule has 4 rings (SSSR count). The standard InChI is InChI=1S/C23H23ClN6O3/c1-32-19-9-17-18(10-20(19)33-2)30(12-28-17)21-7-6-15(22(26)31)23(29-21)27-11-16(25)13-4-3-5-14(24)8-13/h3-10,12,16H,11,25H2,1-2H3,(H2,26,31)(H,27,29)/t16-/m0/s1. The number of halogens is 1. The third-order valence-corrected chi connectivity index (χ3v) is 5.45. The van der Waals surface area contributed by atoms with Crippen molar-refractivity contribution in [2.24, 2.45) is 11.5 Å². The number of aromatic nitrogens is 3. The van der Waals surface area contributed by atoms with Crippen LogP contribution in [0.2, 0.25) is 5.02 Å². The van der Waals surface area contributed by atoms with E-state index in [1.807, 2.05) is 18.2 Å². The van der Waals surface area contributed by atoms with Gasteiger partial charge in [-0.25, -0.2) is 9.97 Å². The van der Waals surface area contributed by atoms with Crippen LogP contribution in [0.25, 0.3) is 16.9 Å². The van der Waals surface area contributed by atoms with Crippen LogP contribution in [0, 0.1) is 0 Å². The summed E-state index contributed by atoms with van der Waals surface area (Å²) in [6.45, 7) is 0.312. The minimum Gasteiger partial charge on any atom is -0.493 e. The Morgan fingerprint density at radius 2 is 1.91 bits per heavy atom. The van der Waals surface area contributed by atoms with E-state index < -0.39 is 5.91 Å². The van der Waals surface area contributed by atoms with Gasteiger partial charge in [0.05, 0.1) is 30.8 Å². The second kappa shape index (κ2) is 9.35. The molecule has 1 amide bonds. The minimum absolute atomic E-state index is 0.251. The lowest BCUT2D eigenvalue weighted by molar-refractivity contribution is 0.100. The van der Waals surface area contributed by atoms with Crippen LogP contribution in [0.3, 0.4) is 0 Å². The van der Waals surface area contributed by atoms with Crippen molar-refractivity contribution in [3.63, 3.8) is 0 Å². The first-order valence-corrected chi connectivity index (χ1v) is 10.4. The summed E-state index contributed by atoms with van der Waals surface area (Å²) in [6.07, 6.45) is 1.64. The van der Waals surface area contributed by atoms with Crippen molar-refractivity contribution in [2.75, 3.05) is 26.1 Å². The number of amides is 1. The highest BCUT2D eigenvalue weighted by molar-refractivity contribution is 6.30. The first kappa shape index (κ1) is 22.4. The maximum atomic E-state index is 12.0. The number of pyridine rings is 1. The van der Waals surface area contributed by atoms with Crippen molar-refractivity contribution in [3.8, 4) is 17.3 Å². The van der Waals surface area contributed by atoms with Crippen LogP contribution in [0.15, 0.2) is 54.9 Å². The highest BCUT2D eigenvalue weighted by Gasteiger charge is 2.16. The summed E-state index contributed by atoms with van der Waals surface area (Å²) in [7, 11) is 3.13. The van der Waals surface area contributed by atoms with Gasteiger partial charge in [0.2, 0.25) is 0 Å². The second-order valence-electron chi connectivity index (χ2n) is 7.28. The van der Waals surface area contributed by atoms with Crippen molar-refractivity contribution in [1.82, 2.24) is 14.5 Å². The Bertz CT molecular complexity index is 1320. The molecule has 0 radical (unpaired) electrons. The van der Waals surface area contributed by atoms with Gasteiger partial charge in [0.25, 0.3) is 5.91 Å². The number of benzene rings is 2. The van der Waals surface area contributed by atoms with Crippen LogP contribution in [0.4, 0.5) is 5.82 Å². The van der Waals surface area contributed by atoms with Crippen LogP contribution in [-0.2, 0) is 0 Å². The number of carbonyl (C=O) groups excluding carboxylic acids is 1. The fourth-order valence-electron chi connectivity index (χ4n) is 3.50. The maximum absolute atomic E-state index is 12.0. The predicted molar refractivity (Wildman–Crippen MR) is 127 cm³/mol. The summed E-state index contributed by atoms with van der Waals surface area (Å²) < 4.78 is 12.5. The number of imidazole rings is 1. The summed E-state index contributed by atoms with van der Waals surface area (Å²) in [5, 5.41) is 3.74. The van der Waals surface area contributed by atoms with Crippen molar-refractivity contribution < 1.29 is 14.3 Å². The molecule has 2 aromatic heterocycles. The number of anilines is 1. The van der Waals surface area contributed by atoms with Gasteiger partial charge in [-0.2, -0.15) is 0 Å². The number of primary amides is 1. The fraction of sp³-hybridized carbons (Fsp3) is 0.174. The molecule has 0 spiro atoms. The molecule has 10 heteroatoms. The first-order valence-electron chi connectivity index (χ1n) is 10.1. The van der Waals surface area contributed by atoms with E-state index in [0.717, 1.165) is 11.1 Å². The number of nitrogens with zero attached hydrogens (tertiary/aromatic N) is 3. The number of rotatable bonds is 8. The van der Waals surface area contributed by atoms with Gasteiger partial charge < -0.3 is 26.3 Å². The monoisotopic (exact) mass is 466 g/mol. The van der Waals surface area contributed by atoms with Gasteiger partial charge in [0.15, 0.2) is 11.5 Å². The molecule has 1 atom stereocenters. The van der Waals surface area contributed by atoms with E-state index in [4.69, 9.17) is 32.5 Å². The van der Waals surface area contributed by atoms with Gasteiger partial charge in [-0.15, -0.1) is 0 Å². The summed E-state index contributed by atoms with van der Waals surface area (Å²) >= 11 is 6.06. The number of carbonyl (C=O) groups is 1. The van der Waals surface area contributed by atoms with E-state index in [2.05, 4.69) is 15.3 Å². The lowest BCUT2D eigenvalue weighted by Gasteiger charge is -2.16. The Morgan fingerprint density at radius 1 is 1.15 bits per heavy atom. The molecule has 0 fully saturated rings. The zero-order valence-corrected chi connectivity index (χ0v) is 18.8. The van der Waals surface area contributed by atoms with Gasteiger partial charge in [0, 0.05) is 29.7 Å². The van der Waals surface area contributed by atoms with Crippen molar-refractivity contribution in [2.45, 2.75) is 6.04 Å². The molecule has 170 valence electrons. The van der Waals surface area contributed by atoms with E-state index in [-0.39, 0.29) is 11.6 Å². The normalized spacial score (nSPS) is 11.9. The highest BCUT2D eigenvalue weighted by Crippen LogP contribution is 2.32. The quantitative estimate of drug-likeness (QED) is 0.363. The molecule has 0 aliphatic rings. The highest BCUT2D eigenvalue weighted by atomic mass is 35.5. The third kappa shape index (κ3) is 4.55. The van der Waals surface area contributed by atoms with Crippen LogP contribution in [0.5, 0.6) is 11.5 Å². The SMILES string of the molecule is COc1cc2ncn(-c3ccc(C(N)=O)c(NC[C@H](N)c4cccc(Cl)c4)n3)c2cc1OC. The van der Waals surface area contributed by atoms with Gasteiger partial charge in [-0.05, 0) is 29.8 Å². The van der Waals surface area contributed by atoms with Gasteiger partial charge in [-0.1, -0.05) is 23.7 Å². The van der Waals surface area contributed by atoms with E-state index in [1.165, 1.54) is 0 Å². The Kier molecular flexibility index (Phi) is 6.34. The Labute approximate surface area is 195 Å². The lowest BCUT2D eigenvalue weighted by atomic mass is 10.1. The Balaban J connectivity index is 1.68. The van der Waals surface area contributed by atoms with E-state index in [0.29, 0.717) is 40.2 Å². The molecule has 5 N–H and O–H groups in total. The van der Waals surface area contributed by atoms with Crippen molar-refractivity contribution >= 4 is 34.4 Å². The third-order valence-electron chi connectivity index (χ3n) is 5.21. The molecule has 9 nitrogen and oxygen atoms in total. The fourth-order valence-corrected chi connectivity index (χ4v) is 3.70. The molecular weight excluding hydrogens is 444 g/mol. The predicted octanol–water partition coefficient (Wildman–Crippen LogP) is 3.30. The molecule has 0 saturated carbocycles. The average Bonchev–Trinajstić information content (AvgIpc) is 3.24. The number of hydrogen-bond acceptors (Lipinski definition) is 7. The molecule has 0 unspecified atom stereocenters. The molecule has 2 aromatic carbocycles. The van der Waals surface area contributed by atoms with Crippen molar-refractivity contribution in [1.29, 1.82) is 0 Å². The molecule has 0 bridgehead atoms. The van der Waals surface area contributed by atoms with E-state index >= 15 is 0 Å². The van der Waals surface area contributed by atoms with E-state index in [1.54, 1.807) is 55.4 Å². The van der Waals surface area contributed by atoms with E-state index in [9.17, 15) is 4.79 Å². The Morgan fingerprint density at radius 3 is 2.61 bits per heavy atom. The molecule has 0 aliphatic carbocycles. The van der Waals surface area contributed by atoms with Gasteiger partial charge >= 0.3 is 0 Å². The topological polar surface area (TPSA) is 130 Å². The summed E-state index contributed by atoms with van der Waals surface area (Å²) in [5.41, 5.74) is 14.4. The van der Waals surface area contributed by atoms with Crippen LogP contribution >= 0.6 is 11.6 Å². The number of ether oxygens (including phenoxy) is 2. The molecule has 4 aromatic rings. The summed E-state index contributed by atoms with van der Waals surface area (Å²) in [5.74, 6) is 1.39. The molecular formula is C23H23ClN6O3. The number of hydrogen-bond donors (Lipinski definition) is 3. The minimum atomic E-state index is -0.602. The summed E-state index contributed by atoms with van der Waals surface area (Å²) in [6, 6.07) is 13.8. The maximum Gasteiger partial charge on any atom is 0.252 e. The molecule has 2 heterocycles. The average molecular weight is 467 g/mol. The van der Waals surface area contributed by atoms with Gasteiger partial charge in [-0.3, -0.25) is 9.36 Å². The second-order valence-corrected chi connectivity index (χ2v) is 7.72. The van der Waals surface area contributed by atoms with Crippen LogP contribution in [0.1, 0.15) is 22.0 Å². The first-order chi connectivity index (χ1) is 15.9. The smallest absolute Gasteiger partial charge is 0.252 e. The molecule has 0 saturated heterocycles. The zero-order valence-electron chi connectivity index (χ0n) is 18.1. The number of methoxy groups -OCH3 is 2. The van der Waals surface area contributed by atoms with Crippen molar-refractivity contribution in [3.05, 3.63) is 71.0 Å². The number of fused-ring (bicyclic) bond motifs is 1. The molecule has 0 aliphatic heterocycles. The number of nitrogens with two attached hydrogens (primary N) is 2. The number of nitrogens with one attached hydrogen (secondary N) is 1. The van der Waals surface area contributed by atoms with Crippen LogP contribution in [-0.4, -0.2) is 41.2 Å².